The number of hydrogen-bond donors (Lipinski definition) is 4. The van der Waals surface area contributed by atoms with E-state index in [1.54, 1.807) is 9.80 Å². The third kappa shape index (κ3) is 9.36. The maximum atomic E-state index is 11.7. The van der Waals surface area contributed by atoms with Crippen molar-refractivity contribution >= 4 is 30.4 Å². The van der Waals surface area contributed by atoms with E-state index in [4.69, 9.17) is 11.7 Å². The van der Waals surface area contributed by atoms with Crippen LogP contribution in [-0.4, -0.2) is 118 Å². The number of carboxylic acids is 2. The van der Waals surface area contributed by atoms with Crippen LogP contribution in [0.3, 0.4) is 0 Å². The third-order valence-electron chi connectivity index (χ3n) is 5.70. The van der Waals surface area contributed by atoms with Gasteiger partial charge in [-0.05, 0) is 19.3 Å². The molecule has 32 heavy (non-hydrogen) atoms. The lowest BCUT2D eigenvalue weighted by Crippen LogP contribution is -2.61. The molecule has 6 N–H and O–H groups in total. The van der Waals surface area contributed by atoms with E-state index < -0.39 is 29.9 Å². The predicted molar refractivity (Wildman–Crippen MR) is 113 cm³/mol. The Balaban J connectivity index is 3.20. The fourth-order valence-electron chi connectivity index (χ4n) is 4.11. The van der Waals surface area contributed by atoms with E-state index >= 15 is 0 Å². The van der Waals surface area contributed by atoms with Crippen LogP contribution in [0.1, 0.15) is 32.1 Å². The molecule has 0 aliphatic carbocycles. The molecule has 1 unspecified atom stereocenters. The standard InChI is InChI=1S/C19H34N6O7/c20-25(21)16(28)3-1-2-4-19(24(10-12-27)14-18(31)32)5-6-22(9-11-26)7-8-23(15-19)13-17(29)30/h11-12H,1-10,13-15,20-21H2,(H,29,30)(H,31,32). The Bertz CT molecular complexity index is 662. The van der Waals surface area contributed by atoms with Crippen LogP contribution in [0.15, 0.2) is 0 Å². The van der Waals surface area contributed by atoms with Crippen molar-refractivity contribution in [1.29, 1.82) is 0 Å². The van der Waals surface area contributed by atoms with E-state index in [0.29, 0.717) is 56.7 Å². The van der Waals surface area contributed by atoms with Gasteiger partial charge in [-0.3, -0.25) is 29.1 Å². The Morgan fingerprint density at radius 1 is 0.969 bits per heavy atom. The summed E-state index contributed by atoms with van der Waals surface area (Å²) in [6, 6.07) is 0. The molecule has 1 aliphatic rings. The van der Waals surface area contributed by atoms with E-state index in [9.17, 15) is 34.2 Å². The first-order valence-electron chi connectivity index (χ1n) is 10.5. The van der Waals surface area contributed by atoms with Crippen molar-refractivity contribution in [2.45, 2.75) is 37.6 Å². The number of unbranched alkanes of at least 4 members (excludes halogenated alkanes) is 1. The van der Waals surface area contributed by atoms with Crippen molar-refractivity contribution in [3.63, 3.8) is 0 Å². The molecule has 0 spiro atoms. The Labute approximate surface area is 186 Å². The molecule has 0 aromatic carbocycles. The van der Waals surface area contributed by atoms with Crippen LogP contribution in [0.5, 0.6) is 0 Å². The zero-order chi connectivity index (χ0) is 24.1. The number of nitrogens with two attached hydrogens (primary N) is 2. The van der Waals surface area contributed by atoms with Gasteiger partial charge in [0.1, 0.15) is 12.6 Å². The average Bonchev–Trinajstić information content (AvgIpc) is 2.69. The molecule has 1 amide bonds. The normalized spacial score (nSPS) is 20.3. The molecule has 0 bridgehead atoms. The summed E-state index contributed by atoms with van der Waals surface area (Å²) in [6.45, 7) is 0.956. The Hall–Kier alpha value is -2.45. The molecular formula is C19H34N6O7. The van der Waals surface area contributed by atoms with Crippen LogP contribution < -0.4 is 11.7 Å². The van der Waals surface area contributed by atoms with Crippen molar-refractivity contribution in [3.8, 4) is 0 Å². The summed E-state index contributed by atoms with van der Waals surface area (Å²) >= 11 is 0. The van der Waals surface area contributed by atoms with Gasteiger partial charge < -0.3 is 19.8 Å². The van der Waals surface area contributed by atoms with Gasteiger partial charge in [-0.1, -0.05) is 6.42 Å². The summed E-state index contributed by atoms with van der Waals surface area (Å²) in [5.74, 6) is 7.87. The van der Waals surface area contributed by atoms with Crippen molar-refractivity contribution in [1.82, 2.24) is 19.8 Å². The van der Waals surface area contributed by atoms with Crippen LogP contribution in [-0.2, 0) is 24.0 Å². The number of hydrazine groups is 2. The molecule has 1 saturated heterocycles. The van der Waals surface area contributed by atoms with Crippen molar-refractivity contribution in [2.24, 2.45) is 11.7 Å². The minimum Gasteiger partial charge on any atom is -0.480 e. The molecule has 1 heterocycles. The van der Waals surface area contributed by atoms with E-state index in [2.05, 4.69) is 0 Å². The zero-order valence-corrected chi connectivity index (χ0v) is 18.2. The van der Waals surface area contributed by atoms with Crippen molar-refractivity contribution < 1.29 is 34.2 Å². The van der Waals surface area contributed by atoms with Crippen LogP contribution in [0.25, 0.3) is 0 Å². The highest BCUT2D eigenvalue weighted by atomic mass is 16.4. The minimum atomic E-state index is -1.11. The van der Waals surface area contributed by atoms with Crippen LogP contribution in [0, 0.1) is 0 Å². The van der Waals surface area contributed by atoms with Gasteiger partial charge in [-0.25, -0.2) is 16.8 Å². The number of amides is 1. The lowest BCUT2D eigenvalue weighted by Gasteiger charge is -2.48. The van der Waals surface area contributed by atoms with Gasteiger partial charge in [0.2, 0.25) is 0 Å². The lowest BCUT2D eigenvalue weighted by atomic mass is 9.84. The molecule has 1 atom stereocenters. The monoisotopic (exact) mass is 458 g/mol. The fraction of sp³-hybridized carbons (Fsp3) is 0.737. The number of carbonyl (C=O) groups is 5. The second-order valence-electron chi connectivity index (χ2n) is 8.00. The number of carboxylic acid groups (broad SMARTS) is 2. The summed E-state index contributed by atoms with van der Waals surface area (Å²) in [6.07, 6.45) is 3.27. The summed E-state index contributed by atoms with van der Waals surface area (Å²) in [5.41, 5.74) is -0.843. The zero-order valence-electron chi connectivity index (χ0n) is 18.2. The summed E-state index contributed by atoms with van der Waals surface area (Å²) in [5, 5.41) is 19.3. The average molecular weight is 459 g/mol. The topological polar surface area (TPSA) is 191 Å². The molecule has 0 aromatic rings. The smallest absolute Gasteiger partial charge is 0.317 e. The predicted octanol–water partition coefficient (Wildman–Crippen LogP) is -2.26. The maximum Gasteiger partial charge on any atom is 0.317 e. The second-order valence-corrected chi connectivity index (χ2v) is 8.00. The quantitative estimate of drug-likeness (QED) is 0.0719. The maximum absolute atomic E-state index is 11.7. The highest BCUT2D eigenvalue weighted by molar-refractivity contribution is 5.74. The molecule has 1 rings (SSSR count). The lowest BCUT2D eigenvalue weighted by molar-refractivity contribution is -0.143. The molecule has 182 valence electrons. The van der Waals surface area contributed by atoms with Gasteiger partial charge in [0.25, 0.3) is 5.91 Å². The molecular weight excluding hydrogens is 424 g/mol. The van der Waals surface area contributed by atoms with Gasteiger partial charge in [-0.15, -0.1) is 0 Å². The van der Waals surface area contributed by atoms with Gasteiger partial charge in [0.15, 0.2) is 0 Å². The van der Waals surface area contributed by atoms with Gasteiger partial charge >= 0.3 is 11.9 Å². The highest BCUT2D eigenvalue weighted by Gasteiger charge is 2.40. The first kappa shape index (κ1) is 27.6. The summed E-state index contributed by atoms with van der Waals surface area (Å²) in [7, 11) is 0. The number of nitrogens with zero attached hydrogens (tertiary/aromatic N) is 4. The minimum absolute atomic E-state index is 0.103. The molecule has 0 radical (unpaired) electrons. The second kappa shape index (κ2) is 13.9. The van der Waals surface area contributed by atoms with E-state index in [1.807, 2.05) is 4.90 Å². The first-order chi connectivity index (χ1) is 15.1. The Kier molecular flexibility index (Phi) is 11.9. The van der Waals surface area contributed by atoms with Gasteiger partial charge in [0.05, 0.1) is 26.2 Å². The van der Waals surface area contributed by atoms with Crippen molar-refractivity contribution in [3.05, 3.63) is 0 Å². The molecule has 0 aromatic heterocycles. The third-order valence-corrected chi connectivity index (χ3v) is 5.70. The number of aliphatic carboxylic acids is 2. The molecule has 13 heteroatoms. The van der Waals surface area contributed by atoms with Gasteiger partial charge in [-0.2, -0.15) is 0 Å². The first-order valence-corrected chi connectivity index (χ1v) is 10.5. The molecule has 1 fully saturated rings. The number of hydrogen-bond acceptors (Lipinski definition) is 10. The van der Waals surface area contributed by atoms with E-state index in [-0.39, 0.29) is 32.6 Å². The number of rotatable bonds is 14. The van der Waals surface area contributed by atoms with Crippen LogP contribution in [0.4, 0.5) is 0 Å². The number of carbonyl (C=O) groups excluding carboxylic acids is 3. The highest BCUT2D eigenvalue weighted by Crippen LogP contribution is 2.30. The molecule has 13 nitrogen and oxygen atoms in total. The molecule has 1 aliphatic heterocycles. The van der Waals surface area contributed by atoms with Gasteiger partial charge in [0, 0.05) is 38.1 Å². The number of aldehydes is 2. The van der Waals surface area contributed by atoms with Crippen LogP contribution >= 0.6 is 0 Å². The van der Waals surface area contributed by atoms with E-state index in [0.717, 1.165) is 6.29 Å². The van der Waals surface area contributed by atoms with Crippen LogP contribution in [0.2, 0.25) is 0 Å². The molecule has 0 saturated carbocycles. The van der Waals surface area contributed by atoms with Crippen molar-refractivity contribution in [2.75, 3.05) is 52.4 Å². The summed E-state index contributed by atoms with van der Waals surface area (Å²) < 4.78 is 0. The van der Waals surface area contributed by atoms with E-state index in [1.165, 1.54) is 0 Å². The Morgan fingerprint density at radius 2 is 1.66 bits per heavy atom. The largest absolute Gasteiger partial charge is 0.480 e. The Morgan fingerprint density at radius 3 is 2.22 bits per heavy atom. The summed E-state index contributed by atoms with van der Waals surface area (Å²) in [4.78, 5) is 62.2. The SMILES string of the molecule is NN(N)C(=O)CCCCC1(N(CC=O)CC(=O)O)CCN(CC=O)CCN(CC(=O)O)C1. The fourth-order valence-corrected chi connectivity index (χ4v) is 4.11.